The van der Waals surface area contributed by atoms with Crippen molar-refractivity contribution in [1.82, 2.24) is 4.90 Å². The Bertz CT molecular complexity index is 967. The summed E-state index contributed by atoms with van der Waals surface area (Å²) in [6, 6.07) is 22.2. The molecule has 0 aliphatic carbocycles. The van der Waals surface area contributed by atoms with Crippen molar-refractivity contribution in [3.63, 3.8) is 0 Å². The van der Waals surface area contributed by atoms with E-state index in [9.17, 15) is 4.79 Å². The zero-order valence-corrected chi connectivity index (χ0v) is 18.4. The van der Waals surface area contributed by atoms with Gasteiger partial charge in [0.15, 0.2) is 5.78 Å². The summed E-state index contributed by atoms with van der Waals surface area (Å²) in [5, 5.41) is 2.17. The predicted octanol–water partition coefficient (Wildman–Crippen LogP) is 6.15. The highest BCUT2D eigenvalue weighted by Gasteiger charge is 2.20. The van der Waals surface area contributed by atoms with Gasteiger partial charge in [0.2, 0.25) is 0 Å². The van der Waals surface area contributed by atoms with Crippen LogP contribution in [0.3, 0.4) is 0 Å². The van der Waals surface area contributed by atoms with Crippen LogP contribution in [0.1, 0.15) is 42.1 Å². The first-order valence-corrected chi connectivity index (χ1v) is 10.7. The van der Waals surface area contributed by atoms with E-state index in [2.05, 4.69) is 24.0 Å². The molecule has 1 saturated heterocycles. The Kier molecular flexibility index (Phi) is 7.89. The molecule has 4 rings (SSSR count). The fourth-order valence-electron chi connectivity index (χ4n) is 4.10. The third-order valence-corrected chi connectivity index (χ3v) is 5.77. The minimum atomic E-state index is 0. The summed E-state index contributed by atoms with van der Waals surface area (Å²) in [5.41, 5.74) is 1.95. The Morgan fingerprint density at radius 1 is 0.933 bits per heavy atom. The van der Waals surface area contributed by atoms with E-state index >= 15 is 0 Å². The minimum absolute atomic E-state index is 0. The highest BCUT2D eigenvalue weighted by Crippen LogP contribution is 2.24. The zero-order valence-electron chi connectivity index (χ0n) is 17.5. The Morgan fingerprint density at radius 2 is 1.63 bits per heavy atom. The maximum atomic E-state index is 12.9. The molecule has 0 amide bonds. The van der Waals surface area contributed by atoms with Gasteiger partial charge in [-0.3, -0.25) is 4.79 Å². The number of carbonyl (C=O) groups excluding carboxylic acids is 1. The van der Waals surface area contributed by atoms with Crippen LogP contribution in [-0.2, 0) is 6.61 Å². The van der Waals surface area contributed by atoms with Crippen molar-refractivity contribution in [2.75, 3.05) is 19.6 Å². The highest BCUT2D eigenvalue weighted by atomic mass is 35.5. The summed E-state index contributed by atoms with van der Waals surface area (Å²) < 4.78 is 5.93. The molecule has 0 radical (unpaired) electrons. The molecule has 0 aromatic heterocycles. The Hall–Kier alpha value is -2.36. The van der Waals surface area contributed by atoms with E-state index in [4.69, 9.17) is 4.74 Å². The zero-order chi connectivity index (χ0) is 20.1. The monoisotopic (exact) mass is 423 g/mol. The number of benzene rings is 3. The van der Waals surface area contributed by atoms with Crippen molar-refractivity contribution in [2.24, 2.45) is 5.92 Å². The molecule has 1 aliphatic heterocycles. The molecule has 1 unspecified atom stereocenters. The minimum Gasteiger partial charge on any atom is -0.489 e. The normalized spacial score (nSPS) is 15.4. The van der Waals surface area contributed by atoms with E-state index in [-0.39, 0.29) is 24.1 Å². The standard InChI is InChI=1S/C26H29NO2.ClH/c1-20(18-27-14-6-3-7-15-27)26(28)24-11-10-23-17-25(13-12-22(23)16-24)29-19-21-8-4-2-5-9-21;/h2,4-5,8-13,16-17,20H,3,6-7,14-15,18-19H2,1H3;1H. The topological polar surface area (TPSA) is 29.5 Å². The number of ketones is 1. The molecule has 1 atom stereocenters. The average molecular weight is 424 g/mol. The van der Waals surface area contributed by atoms with Crippen molar-refractivity contribution < 1.29 is 9.53 Å². The largest absolute Gasteiger partial charge is 0.489 e. The lowest BCUT2D eigenvalue weighted by Gasteiger charge is -2.28. The third kappa shape index (κ3) is 5.62. The number of nitrogens with zero attached hydrogens (tertiary/aromatic N) is 1. The van der Waals surface area contributed by atoms with Gasteiger partial charge in [0.25, 0.3) is 0 Å². The number of carbonyl (C=O) groups is 1. The molecule has 1 aliphatic rings. The molecule has 0 bridgehead atoms. The second-order valence-electron chi connectivity index (χ2n) is 8.12. The van der Waals surface area contributed by atoms with Gasteiger partial charge in [-0.15, -0.1) is 12.4 Å². The van der Waals surface area contributed by atoms with Crippen molar-refractivity contribution in [1.29, 1.82) is 0 Å². The average Bonchev–Trinajstić information content (AvgIpc) is 2.78. The molecular weight excluding hydrogens is 394 g/mol. The molecule has 0 spiro atoms. The number of Topliss-reactive ketones (excluding diaryl/α,β-unsaturated/α-hetero) is 1. The summed E-state index contributed by atoms with van der Waals surface area (Å²) in [6.45, 7) is 5.73. The second kappa shape index (κ2) is 10.6. The smallest absolute Gasteiger partial charge is 0.166 e. The van der Waals surface area contributed by atoms with Crippen LogP contribution in [0.2, 0.25) is 0 Å². The van der Waals surface area contributed by atoms with Crippen LogP contribution in [0.15, 0.2) is 66.7 Å². The van der Waals surface area contributed by atoms with E-state index in [0.717, 1.165) is 47.3 Å². The molecule has 1 heterocycles. The van der Waals surface area contributed by atoms with Crippen LogP contribution < -0.4 is 4.74 Å². The van der Waals surface area contributed by atoms with Gasteiger partial charge in [0.1, 0.15) is 12.4 Å². The maximum Gasteiger partial charge on any atom is 0.166 e. The molecule has 3 aromatic rings. The number of ether oxygens (including phenoxy) is 1. The Morgan fingerprint density at radius 3 is 2.40 bits per heavy atom. The number of likely N-dealkylation sites (tertiary alicyclic amines) is 1. The van der Waals surface area contributed by atoms with Gasteiger partial charge in [-0.05, 0) is 60.5 Å². The first-order chi connectivity index (χ1) is 14.2. The number of piperidine rings is 1. The van der Waals surface area contributed by atoms with Crippen molar-refractivity contribution >= 4 is 29.0 Å². The lowest BCUT2D eigenvalue weighted by atomic mass is 9.96. The van der Waals surface area contributed by atoms with Gasteiger partial charge in [-0.1, -0.05) is 61.9 Å². The number of halogens is 1. The number of hydrogen-bond donors (Lipinski definition) is 0. The van der Waals surface area contributed by atoms with Gasteiger partial charge >= 0.3 is 0 Å². The van der Waals surface area contributed by atoms with Gasteiger partial charge in [-0.25, -0.2) is 0 Å². The van der Waals surface area contributed by atoms with Gasteiger partial charge in [-0.2, -0.15) is 0 Å². The van der Waals surface area contributed by atoms with Crippen molar-refractivity contribution in [2.45, 2.75) is 32.8 Å². The van der Waals surface area contributed by atoms with Gasteiger partial charge in [0.05, 0.1) is 0 Å². The number of hydrogen-bond acceptors (Lipinski definition) is 3. The molecule has 158 valence electrons. The molecule has 1 fully saturated rings. The van der Waals surface area contributed by atoms with E-state index < -0.39 is 0 Å². The van der Waals surface area contributed by atoms with Crippen LogP contribution in [0.25, 0.3) is 10.8 Å². The second-order valence-corrected chi connectivity index (χ2v) is 8.12. The molecule has 3 nitrogen and oxygen atoms in total. The van der Waals surface area contributed by atoms with Crippen LogP contribution >= 0.6 is 12.4 Å². The summed E-state index contributed by atoms with van der Waals surface area (Å²) in [7, 11) is 0. The van der Waals surface area contributed by atoms with Gasteiger partial charge in [0, 0.05) is 18.0 Å². The Labute approximate surface area is 185 Å². The van der Waals surface area contributed by atoms with E-state index in [1.807, 2.05) is 54.6 Å². The van der Waals surface area contributed by atoms with E-state index in [1.165, 1.54) is 19.3 Å². The van der Waals surface area contributed by atoms with Crippen LogP contribution in [0.4, 0.5) is 0 Å². The van der Waals surface area contributed by atoms with Crippen LogP contribution in [0.5, 0.6) is 5.75 Å². The Balaban J connectivity index is 0.00000256. The maximum absolute atomic E-state index is 12.9. The van der Waals surface area contributed by atoms with Crippen LogP contribution in [-0.4, -0.2) is 30.3 Å². The molecule has 30 heavy (non-hydrogen) atoms. The molecule has 0 saturated carbocycles. The number of fused-ring (bicyclic) bond motifs is 1. The summed E-state index contributed by atoms with van der Waals surface area (Å²) in [6.07, 6.45) is 3.83. The molecular formula is C26H30ClNO2. The first kappa shape index (κ1) is 22.3. The summed E-state index contributed by atoms with van der Waals surface area (Å²) in [5.74, 6) is 1.11. The van der Waals surface area contributed by atoms with E-state index in [0.29, 0.717) is 6.61 Å². The third-order valence-electron chi connectivity index (χ3n) is 5.77. The fourth-order valence-corrected chi connectivity index (χ4v) is 4.10. The summed E-state index contributed by atoms with van der Waals surface area (Å²) in [4.78, 5) is 15.4. The predicted molar refractivity (Wildman–Crippen MR) is 126 cm³/mol. The van der Waals surface area contributed by atoms with Crippen molar-refractivity contribution in [3.05, 3.63) is 77.9 Å². The molecule has 3 aromatic carbocycles. The molecule has 0 N–H and O–H groups in total. The molecule has 4 heteroatoms. The number of rotatable bonds is 7. The lowest BCUT2D eigenvalue weighted by Crippen LogP contribution is -2.35. The van der Waals surface area contributed by atoms with Crippen LogP contribution in [0, 0.1) is 5.92 Å². The highest BCUT2D eigenvalue weighted by molar-refractivity contribution is 6.01. The fraction of sp³-hybridized carbons (Fsp3) is 0.346. The SMILES string of the molecule is CC(CN1CCCCC1)C(=O)c1ccc2cc(OCc3ccccc3)ccc2c1.Cl. The lowest BCUT2D eigenvalue weighted by molar-refractivity contribution is 0.0884. The first-order valence-electron chi connectivity index (χ1n) is 10.7. The quantitative estimate of drug-likeness (QED) is 0.427. The van der Waals surface area contributed by atoms with Gasteiger partial charge < -0.3 is 9.64 Å². The van der Waals surface area contributed by atoms with E-state index in [1.54, 1.807) is 0 Å². The van der Waals surface area contributed by atoms with Crippen molar-refractivity contribution in [3.8, 4) is 5.75 Å². The summed E-state index contributed by atoms with van der Waals surface area (Å²) >= 11 is 0.